The Balaban J connectivity index is 1.59. The number of aryl methyl sites for hydroxylation is 1. The lowest BCUT2D eigenvalue weighted by molar-refractivity contribution is 0.0521. The van der Waals surface area contributed by atoms with E-state index in [-0.39, 0.29) is 18.7 Å². The Bertz CT molecular complexity index is 1060. The van der Waals surface area contributed by atoms with Crippen molar-refractivity contribution >= 4 is 22.8 Å². The molecule has 7 heteroatoms. The highest BCUT2D eigenvalue weighted by molar-refractivity contribution is 6.21. The van der Waals surface area contributed by atoms with Crippen LogP contribution in [0.15, 0.2) is 48.5 Å². The zero-order valence-electron chi connectivity index (χ0n) is 14.2. The fourth-order valence-corrected chi connectivity index (χ4v) is 3.45. The van der Waals surface area contributed by atoms with E-state index in [2.05, 4.69) is 0 Å². The lowest BCUT2D eigenvalue weighted by Gasteiger charge is -2.19. The third-order valence-electron chi connectivity index (χ3n) is 4.77. The van der Waals surface area contributed by atoms with Crippen LogP contribution in [0.2, 0.25) is 0 Å². The summed E-state index contributed by atoms with van der Waals surface area (Å²) in [5.74, 6) is -0.780. The van der Waals surface area contributed by atoms with Crippen LogP contribution < -0.4 is 5.62 Å². The van der Waals surface area contributed by atoms with E-state index in [1.165, 1.54) is 0 Å². The van der Waals surface area contributed by atoms with Crippen LogP contribution in [0.3, 0.4) is 0 Å². The number of imide groups is 1. The maximum absolute atomic E-state index is 12.4. The molecule has 0 fully saturated rings. The van der Waals surface area contributed by atoms with Crippen LogP contribution in [0, 0.1) is 5.41 Å². The van der Waals surface area contributed by atoms with Gasteiger partial charge in [0.25, 0.3) is 11.8 Å². The number of β-amino-alcohol motifs (C(OH)–C–C–N with tert-alkyl or cyclic N) is 1. The third-order valence-corrected chi connectivity index (χ3v) is 4.77. The summed E-state index contributed by atoms with van der Waals surface area (Å²) in [6.45, 7) is 0.00952. The van der Waals surface area contributed by atoms with Crippen LogP contribution >= 0.6 is 0 Å². The Labute approximate surface area is 149 Å². The van der Waals surface area contributed by atoms with E-state index in [9.17, 15) is 14.7 Å². The second-order valence-corrected chi connectivity index (χ2v) is 6.40. The highest BCUT2D eigenvalue weighted by Crippen LogP contribution is 2.22. The Kier molecular flexibility index (Phi) is 3.73. The highest BCUT2D eigenvalue weighted by atomic mass is 16.3. The van der Waals surface area contributed by atoms with Crippen molar-refractivity contribution in [1.82, 2.24) is 14.0 Å². The standard InChI is InChI=1S/C19H18N4O3/c1-21-15-8-4-5-9-16(15)22(19(21)20)10-12(24)11-23-17(25)13-6-2-3-7-14(13)18(23)26/h2-9,12,20,24H,10-11H2,1H3. The van der Waals surface area contributed by atoms with Gasteiger partial charge in [0.05, 0.1) is 41.4 Å². The minimum absolute atomic E-state index is 0.109. The lowest BCUT2D eigenvalue weighted by atomic mass is 10.1. The number of carbonyl (C=O) groups excluding carboxylic acids is 2. The molecule has 0 bridgehead atoms. The van der Waals surface area contributed by atoms with Gasteiger partial charge in [0, 0.05) is 7.05 Å². The summed E-state index contributed by atoms with van der Waals surface area (Å²) in [5.41, 5.74) is 2.67. The van der Waals surface area contributed by atoms with Crippen molar-refractivity contribution < 1.29 is 14.7 Å². The van der Waals surface area contributed by atoms with Gasteiger partial charge in [0.15, 0.2) is 0 Å². The van der Waals surface area contributed by atoms with Gasteiger partial charge in [-0.15, -0.1) is 0 Å². The summed E-state index contributed by atoms with van der Waals surface area (Å²) in [6, 6.07) is 14.2. The van der Waals surface area contributed by atoms with Gasteiger partial charge in [-0.1, -0.05) is 24.3 Å². The summed E-state index contributed by atoms with van der Waals surface area (Å²) in [5, 5.41) is 18.8. The number of nitrogens with one attached hydrogen (secondary N) is 1. The number of hydrogen-bond donors (Lipinski definition) is 2. The molecule has 1 unspecified atom stereocenters. The summed E-state index contributed by atoms with van der Waals surface area (Å²) in [6.07, 6.45) is -0.975. The zero-order chi connectivity index (χ0) is 18.4. The van der Waals surface area contributed by atoms with Crippen molar-refractivity contribution in [3.63, 3.8) is 0 Å². The Morgan fingerprint density at radius 3 is 2.08 bits per heavy atom. The van der Waals surface area contributed by atoms with Crippen LogP contribution in [0.4, 0.5) is 0 Å². The van der Waals surface area contributed by atoms with Gasteiger partial charge in [-0.25, -0.2) is 0 Å². The number of hydrogen-bond acceptors (Lipinski definition) is 4. The summed E-state index contributed by atoms with van der Waals surface area (Å²) in [7, 11) is 1.79. The first-order valence-electron chi connectivity index (χ1n) is 8.31. The Hall–Kier alpha value is -3.19. The van der Waals surface area contributed by atoms with E-state index < -0.39 is 17.9 Å². The average Bonchev–Trinajstić information content (AvgIpc) is 3.03. The third kappa shape index (κ3) is 2.36. The molecule has 0 spiro atoms. The number of aliphatic hydroxyl groups is 1. The van der Waals surface area contributed by atoms with E-state index in [4.69, 9.17) is 5.41 Å². The molecular formula is C19H18N4O3. The number of para-hydroxylation sites is 2. The van der Waals surface area contributed by atoms with Crippen molar-refractivity contribution in [1.29, 1.82) is 5.41 Å². The molecule has 2 aromatic carbocycles. The first kappa shape index (κ1) is 16.3. The van der Waals surface area contributed by atoms with E-state index in [0.717, 1.165) is 15.9 Å². The predicted molar refractivity (Wildman–Crippen MR) is 94.6 cm³/mol. The van der Waals surface area contributed by atoms with Crippen molar-refractivity contribution in [3.05, 3.63) is 65.3 Å². The summed E-state index contributed by atoms with van der Waals surface area (Å²) < 4.78 is 3.40. The van der Waals surface area contributed by atoms with Gasteiger partial charge in [-0.2, -0.15) is 0 Å². The smallest absolute Gasteiger partial charge is 0.261 e. The van der Waals surface area contributed by atoms with Gasteiger partial charge in [-0.05, 0) is 24.3 Å². The van der Waals surface area contributed by atoms with Crippen LogP contribution in [0.5, 0.6) is 0 Å². The number of benzene rings is 2. The van der Waals surface area contributed by atoms with Crippen LogP contribution in [-0.4, -0.2) is 43.6 Å². The molecule has 1 aliphatic heterocycles. The summed E-state index contributed by atoms with van der Waals surface area (Å²) >= 11 is 0. The molecule has 2 N–H and O–H groups in total. The van der Waals surface area contributed by atoms with Gasteiger partial charge < -0.3 is 14.2 Å². The molecule has 0 aliphatic carbocycles. The molecule has 4 rings (SSSR count). The van der Waals surface area contributed by atoms with Gasteiger partial charge in [-0.3, -0.25) is 19.9 Å². The molecule has 0 saturated carbocycles. The predicted octanol–water partition coefficient (Wildman–Crippen LogP) is 1.12. The van der Waals surface area contributed by atoms with Crippen molar-refractivity contribution in [3.8, 4) is 0 Å². The van der Waals surface area contributed by atoms with Crippen molar-refractivity contribution in [2.24, 2.45) is 7.05 Å². The monoisotopic (exact) mass is 350 g/mol. The molecule has 3 aromatic rings. The fourth-order valence-electron chi connectivity index (χ4n) is 3.45. The van der Waals surface area contributed by atoms with Crippen molar-refractivity contribution in [2.75, 3.05) is 6.54 Å². The topological polar surface area (TPSA) is 91.3 Å². The number of amides is 2. The molecule has 26 heavy (non-hydrogen) atoms. The van der Waals surface area contributed by atoms with Gasteiger partial charge >= 0.3 is 0 Å². The molecule has 2 amide bonds. The molecule has 7 nitrogen and oxygen atoms in total. The van der Waals surface area contributed by atoms with E-state index in [0.29, 0.717) is 11.1 Å². The first-order valence-corrected chi connectivity index (χ1v) is 8.31. The average molecular weight is 350 g/mol. The number of carbonyl (C=O) groups is 2. The van der Waals surface area contributed by atoms with E-state index >= 15 is 0 Å². The largest absolute Gasteiger partial charge is 0.389 e. The number of rotatable bonds is 4. The normalized spacial score (nSPS) is 14.9. The molecular weight excluding hydrogens is 332 g/mol. The number of imidazole rings is 1. The van der Waals surface area contributed by atoms with Gasteiger partial charge in [0.2, 0.25) is 5.62 Å². The molecule has 132 valence electrons. The van der Waals surface area contributed by atoms with Crippen LogP contribution in [-0.2, 0) is 13.6 Å². The summed E-state index contributed by atoms with van der Waals surface area (Å²) in [4.78, 5) is 25.9. The fraction of sp³-hybridized carbons (Fsp3) is 0.211. The molecule has 0 saturated heterocycles. The second-order valence-electron chi connectivity index (χ2n) is 6.40. The molecule has 1 aliphatic rings. The number of nitrogens with zero attached hydrogens (tertiary/aromatic N) is 3. The minimum atomic E-state index is -0.975. The lowest BCUT2D eigenvalue weighted by Crippen LogP contribution is -2.40. The zero-order valence-corrected chi connectivity index (χ0v) is 14.2. The quantitative estimate of drug-likeness (QED) is 0.691. The molecule has 0 radical (unpaired) electrons. The molecule has 2 heterocycles. The Morgan fingerprint density at radius 1 is 0.923 bits per heavy atom. The number of aromatic nitrogens is 2. The van der Waals surface area contributed by atoms with Crippen LogP contribution in [0.1, 0.15) is 20.7 Å². The van der Waals surface area contributed by atoms with Crippen molar-refractivity contribution in [2.45, 2.75) is 12.6 Å². The minimum Gasteiger partial charge on any atom is -0.389 e. The number of aliphatic hydroxyl groups excluding tert-OH is 1. The van der Waals surface area contributed by atoms with E-state index in [1.807, 2.05) is 24.3 Å². The number of fused-ring (bicyclic) bond motifs is 2. The highest BCUT2D eigenvalue weighted by Gasteiger charge is 2.36. The van der Waals surface area contributed by atoms with E-state index in [1.54, 1.807) is 40.4 Å². The second kappa shape index (κ2) is 5.96. The molecule has 1 atom stereocenters. The maximum Gasteiger partial charge on any atom is 0.261 e. The van der Waals surface area contributed by atoms with Gasteiger partial charge in [0.1, 0.15) is 0 Å². The SMILES string of the molecule is Cn1c(=N)n(CC(O)CN2C(=O)c3ccccc3C2=O)c2ccccc21. The first-order chi connectivity index (χ1) is 12.5. The Morgan fingerprint density at radius 2 is 1.46 bits per heavy atom. The maximum atomic E-state index is 12.4. The molecule has 1 aromatic heterocycles. The van der Waals surface area contributed by atoms with Crippen LogP contribution in [0.25, 0.3) is 11.0 Å².